The van der Waals surface area contributed by atoms with E-state index in [2.05, 4.69) is 54.8 Å². The highest BCUT2D eigenvalue weighted by molar-refractivity contribution is 5.58. The molecule has 0 aliphatic rings. The van der Waals surface area contributed by atoms with Gasteiger partial charge in [-0.05, 0) is 33.6 Å². The summed E-state index contributed by atoms with van der Waals surface area (Å²) in [6.07, 6.45) is 2.44. The smallest absolute Gasteiger partial charge is 0.137 e. The summed E-state index contributed by atoms with van der Waals surface area (Å²) in [6.45, 7) is 15.9. The first-order chi connectivity index (χ1) is 9.57. The van der Waals surface area contributed by atoms with Gasteiger partial charge in [0.1, 0.15) is 17.5 Å². The Balaban J connectivity index is 3.07. The molecule has 0 radical (unpaired) electrons. The van der Waals surface area contributed by atoms with Gasteiger partial charge in [-0.25, -0.2) is 9.97 Å². The van der Waals surface area contributed by atoms with E-state index < -0.39 is 0 Å². The van der Waals surface area contributed by atoms with Crippen molar-refractivity contribution < 1.29 is 0 Å². The van der Waals surface area contributed by atoms with Crippen molar-refractivity contribution in [1.82, 2.24) is 9.97 Å². The molecule has 1 aromatic heterocycles. The van der Waals surface area contributed by atoms with E-state index in [1.807, 2.05) is 6.92 Å². The van der Waals surface area contributed by atoms with Crippen molar-refractivity contribution in [1.29, 1.82) is 0 Å². The maximum atomic E-state index is 4.68. The Hall–Kier alpha value is -1.32. The molecule has 4 nitrogen and oxygen atoms in total. The molecule has 4 heteroatoms. The standard InChI is InChI=1S/C16H30N4/c1-7-14(8-2)11-20(10-4)16-12(5)15(17-9-3)18-13(6)19-16/h14H,7-11H2,1-6H3,(H,17,18,19). The molecule has 0 bridgehead atoms. The highest BCUT2D eigenvalue weighted by Crippen LogP contribution is 2.25. The van der Waals surface area contributed by atoms with Gasteiger partial charge in [0.05, 0.1) is 0 Å². The van der Waals surface area contributed by atoms with Crippen molar-refractivity contribution in [3.63, 3.8) is 0 Å². The molecule has 114 valence electrons. The third kappa shape index (κ3) is 4.09. The summed E-state index contributed by atoms with van der Waals surface area (Å²) < 4.78 is 0. The fourth-order valence-electron chi connectivity index (χ4n) is 2.48. The van der Waals surface area contributed by atoms with Crippen LogP contribution in [0.25, 0.3) is 0 Å². The van der Waals surface area contributed by atoms with Crippen molar-refractivity contribution in [2.75, 3.05) is 29.9 Å². The number of anilines is 2. The number of rotatable bonds is 8. The molecule has 0 amide bonds. The van der Waals surface area contributed by atoms with Crippen molar-refractivity contribution in [2.24, 2.45) is 5.92 Å². The number of hydrogen-bond acceptors (Lipinski definition) is 4. The van der Waals surface area contributed by atoms with Crippen LogP contribution in [0.1, 0.15) is 51.9 Å². The summed E-state index contributed by atoms with van der Waals surface area (Å²) >= 11 is 0. The largest absolute Gasteiger partial charge is 0.370 e. The second-order valence-electron chi connectivity index (χ2n) is 5.32. The molecule has 1 rings (SSSR count). The molecule has 1 N–H and O–H groups in total. The van der Waals surface area contributed by atoms with Gasteiger partial charge in [-0.15, -0.1) is 0 Å². The van der Waals surface area contributed by atoms with E-state index in [1.54, 1.807) is 0 Å². The normalized spacial score (nSPS) is 10.9. The zero-order chi connectivity index (χ0) is 15.1. The van der Waals surface area contributed by atoms with Gasteiger partial charge in [0.2, 0.25) is 0 Å². The molecule has 1 aromatic rings. The molecule has 0 saturated heterocycles. The molecule has 0 aliphatic carbocycles. The predicted octanol–water partition coefficient (Wildman–Crippen LogP) is 3.79. The Bertz CT molecular complexity index is 413. The summed E-state index contributed by atoms with van der Waals surface area (Å²) in [5, 5.41) is 3.34. The van der Waals surface area contributed by atoms with Crippen LogP contribution < -0.4 is 10.2 Å². The van der Waals surface area contributed by atoms with Crippen molar-refractivity contribution >= 4 is 11.6 Å². The first-order valence-corrected chi connectivity index (χ1v) is 7.91. The van der Waals surface area contributed by atoms with Gasteiger partial charge < -0.3 is 10.2 Å². The van der Waals surface area contributed by atoms with Crippen LogP contribution in [-0.2, 0) is 0 Å². The van der Waals surface area contributed by atoms with E-state index in [-0.39, 0.29) is 0 Å². The van der Waals surface area contributed by atoms with Gasteiger partial charge in [-0.3, -0.25) is 0 Å². The van der Waals surface area contributed by atoms with Gasteiger partial charge in [0.15, 0.2) is 0 Å². The lowest BCUT2D eigenvalue weighted by Gasteiger charge is -2.28. The highest BCUT2D eigenvalue weighted by atomic mass is 15.2. The predicted molar refractivity (Wildman–Crippen MR) is 87.6 cm³/mol. The summed E-state index contributed by atoms with van der Waals surface area (Å²) in [4.78, 5) is 11.6. The third-order valence-electron chi connectivity index (χ3n) is 3.89. The van der Waals surface area contributed by atoms with Crippen LogP contribution >= 0.6 is 0 Å². The van der Waals surface area contributed by atoms with Crippen LogP contribution in [0.3, 0.4) is 0 Å². The van der Waals surface area contributed by atoms with Crippen molar-refractivity contribution in [3.8, 4) is 0 Å². The Kier molecular flexibility index (Phi) is 6.76. The van der Waals surface area contributed by atoms with E-state index in [1.165, 1.54) is 12.8 Å². The monoisotopic (exact) mass is 278 g/mol. The van der Waals surface area contributed by atoms with E-state index in [4.69, 9.17) is 0 Å². The second-order valence-corrected chi connectivity index (χ2v) is 5.32. The van der Waals surface area contributed by atoms with Crippen molar-refractivity contribution in [2.45, 2.75) is 54.4 Å². The highest BCUT2D eigenvalue weighted by Gasteiger charge is 2.17. The quantitative estimate of drug-likeness (QED) is 0.785. The molecule has 0 spiro atoms. The molecule has 0 aromatic carbocycles. The van der Waals surface area contributed by atoms with Gasteiger partial charge in [-0.1, -0.05) is 26.7 Å². The van der Waals surface area contributed by atoms with Crippen LogP contribution in [0, 0.1) is 19.8 Å². The summed E-state index contributed by atoms with van der Waals surface area (Å²) in [5.41, 5.74) is 1.16. The molecular formula is C16H30N4. The average molecular weight is 278 g/mol. The Morgan fingerprint density at radius 1 is 1.05 bits per heavy atom. The molecule has 0 aliphatic heterocycles. The Morgan fingerprint density at radius 3 is 2.20 bits per heavy atom. The second kappa shape index (κ2) is 8.08. The number of nitrogens with one attached hydrogen (secondary N) is 1. The van der Waals surface area contributed by atoms with Crippen LogP contribution in [-0.4, -0.2) is 29.6 Å². The zero-order valence-corrected chi connectivity index (χ0v) is 14.0. The van der Waals surface area contributed by atoms with Crippen molar-refractivity contribution in [3.05, 3.63) is 11.4 Å². The summed E-state index contributed by atoms with van der Waals surface area (Å²) in [5.74, 6) is 3.62. The molecule has 20 heavy (non-hydrogen) atoms. The van der Waals surface area contributed by atoms with E-state index in [9.17, 15) is 0 Å². The molecule has 1 heterocycles. The van der Waals surface area contributed by atoms with Crippen LogP contribution in [0.4, 0.5) is 11.6 Å². The molecular weight excluding hydrogens is 248 g/mol. The van der Waals surface area contributed by atoms with Gasteiger partial charge >= 0.3 is 0 Å². The molecule has 0 fully saturated rings. The van der Waals surface area contributed by atoms with Gasteiger partial charge in [0.25, 0.3) is 0 Å². The topological polar surface area (TPSA) is 41.1 Å². The minimum absolute atomic E-state index is 0.729. The number of aryl methyl sites for hydroxylation is 1. The number of nitrogens with zero attached hydrogens (tertiary/aromatic N) is 3. The zero-order valence-electron chi connectivity index (χ0n) is 14.0. The molecule has 0 saturated carbocycles. The Labute approximate surface area is 124 Å². The maximum Gasteiger partial charge on any atom is 0.137 e. The minimum atomic E-state index is 0.729. The fourth-order valence-corrected chi connectivity index (χ4v) is 2.48. The third-order valence-corrected chi connectivity index (χ3v) is 3.89. The van der Waals surface area contributed by atoms with Crippen LogP contribution in [0.5, 0.6) is 0 Å². The van der Waals surface area contributed by atoms with E-state index in [0.717, 1.165) is 48.6 Å². The lowest BCUT2D eigenvalue weighted by atomic mass is 10.0. The fraction of sp³-hybridized carbons (Fsp3) is 0.750. The van der Waals surface area contributed by atoms with E-state index >= 15 is 0 Å². The number of hydrogen-bond donors (Lipinski definition) is 1. The lowest BCUT2D eigenvalue weighted by molar-refractivity contribution is 0.484. The van der Waals surface area contributed by atoms with Gasteiger partial charge in [0, 0.05) is 25.2 Å². The van der Waals surface area contributed by atoms with Crippen LogP contribution in [0.15, 0.2) is 0 Å². The Morgan fingerprint density at radius 2 is 1.70 bits per heavy atom. The SMILES string of the molecule is CCNc1nc(C)nc(N(CC)CC(CC)CC)c1C. The first kappa shape index (κ1) is 16.7. The summed E-state index contributed by atoms with van der Waals surface area (Å²) in [7, 11) is 0. The van der Waals surface area contributed by atoms with Gasteiger partial charge in [-0.2, -0.15) is 0 Å². The van der Waals surface area contributed by atoms with E-state index in [0.29, 0.717) is 0 Å². The maximum absolute atomic E-state index is 4.68. The summed E-state index contributed by atoms with van der Waals surface area (Å²) in [6, 6.07) is 0. The lowest BCUT2D eigenvalue weighted by Crippen LogP contribution is -2.31. The molecule has 0 atom stereocenters. The minimum Gasteiger partial charge on any atom is -0.370 e. The first-order valence-electron chi connectivity index (χ1n) is 7.91. The molecule has 0 unspecified atom stereocenters. The van der Waals surface area contributed by atoms with Crippen LogP contribution in [0.2, 0.25) is 0 Å². The number of aromatic nitrogens is 2. The average Bonchev–Trinajstić information content (AvgIpc) is 2.44.